The molecule has 4 aliphatic rings. The summed E-state index contributed by atoms with van der Waals surface area (Å²) in [5.41, 5.74) is 2.93. The van der Waals surface area contributed by atoms with Crippen molar-refractivity contribution in [2.45, 2.75) is 123 Å². The Balaban J connectivity index is 1.42. The van der Waals surface area contributed by atoms with Crippen LogP contribution >= 0.6 is 0 Å². The Bertz CT molecular complexity index is 969. The summed E-state index contributed by atoms with van der Waals surface area (Å²) in [6.07, 6.45) is 18.5. The minimum absolute atomic E-state index is 0.178. The van der Waals surface area contributed by atoms with Gasteiger partial charge in [-0.15, -0.1) is 0 Å². The zero-order chi connectivity index (χ0) is 27.7. The lowest BCUT2D eigenvalue weighted by Gasteiger charge is -2.44. The van der Waals surface area contributed by atoms with Crippen molar-refractivity contribution in [3.05, 3.63) is 47.6 Å². The summed E-state index contributed by atoms with van der Waals surface area (Å²) in [5, 5.41) is 31.8. The third kappa shape index (κ3) is 5.69. The number of aliphatic hydroxyl groups excluding tert-OH is 3. The number of carbonyl (C=O) groups excluding carboxylic acids is 1. The van der Waals surface area contributed by atoms with Crippen molar-refractivity contribution in [1.29, 1.82) is 0 Å². The van der Waals surface area contributed by atoms with Crippen molar-refractivity contribution < 1.29 is 20.1 Å². The number of rotatable bonds is 10. The van der Waals surface area contributed by atoms with E-state index >= 15 is 0 Å². The van der Waals surface area contributed by atoms with E-state index in [1.807, 2.05) is 13.0 Å². The van der Waals surface area contributed by atoms with E-state index in [4.69, 9.17) is 0 Å². The highest BCUT2D eigenvalue weighted by atomic mass is 16.3. The summed E-state index contributed by atoms with van der Waals surface area (Å²) in [4.78, 5) is 12.8. The minimum Gasteiger partial charge on any atom is -0.392 e. The Morgan fingerprint density at radius 2 is 1.87 bits per heavy atom. The van der Waals surface area contributed by atoms with Gasteiger partial charge in [0.2, 0.25) is 0 Å². The average molecular weight is 525 g/mol. The van der Waals surface area contributed by atoms with Crippen molar-refractivity contribution in [2.75, 3.05) is 0 Å². The van der Waals surface area contributed by atoms with E-state index in [2.05, 4.69) is 45.6 Å². The van der Waals surface area contributed by atoms with Crippen molar-refractivity contribution in [2.24, 2.45) is 34.5 Å². The van der Waals surface area contributed by atoms with E-state index in [0.717, 1.165) is 49.7 Å². The van der Waals surface area contributed by atoms with Crippen molar-refractivity contribution in [3.8, 4) is 0 Å². The third-order valence-corrected chi connectivity index (χ3v) is 11.0. The first-order chi connectivity index (χ1) is 18.0. The molecule has 0 heterocycles. The van der Waals surface area contributed by atoms with Gasteiger partial charge in [0, 0.05) is 12.3 Å². The van der Waals surface area contributed by atoms with Gasteiger partial charge in [-0.3, -0.25) is 4.79 Å². The van der Waals surface area contributed by atoms with Crippen LogP contribution in [0.1, 0.15) is 105 Å². The van der Waals surface area contributed by atoms with Gasteiger partial charge in [0.1, 0.15) is 5.78 Å². The van der Waals surface area contributed by atoms with E-state index in [9.17, 15) is 20.1 Å². The van der Waals surface area contributed by atoms with E-state index in [0.29, 0.717) is 30.6 Å². The number of aliphatic hydroxyl groups is 3. The highest BCUT2D eigenvalue weighted by Gasteiger charge is 2.54. The fourth-order valence-corrected chi connectivity index (χ4v) is 8.04. The molecule has 0 spiro atoms. The predicted molar refractivity (Wildman–Crippen MR) is 154 cm³/mol. The number of allylic oxidation sites excluding steroid dienone is 4. The maximum Gasteiger partial charge on any atom is 0.141 e. The van der Waals surface area contributed by atoms with E-state index in [-0.39, 0.29) is 17.1 Å². The number of fused-ring (bicyclic) bond motifs is 1. The predicted octanol–water partition coefficient (Wildman–Crippen LogP) is 6.86. The van der Waals surface area contributed by atoms with Gasteiger partial charge in [-0.05, 0) is 92.1 Å². The molecule has 4 nitrogen and oxygen atoms in total. The second-order valence-electron chi connectivity index (χ2n) is 13.4. The molecule has 3 N–H and O–H groups in total. The molecular formula is C34H52O4. The summed E-state index contributed by atoms with van der Waals surface area (Å²) in [6, 6.07) is 0. The molecule has 0 aromatic carbocycles. The second kappa shape index (κ2) is 11.9. The molecule has 212 valence electrons. The number of carbonyl (C=O) groups is 1. The molecule has 38 heavy (non-hydrogen) atoms. The van der Waals surface area contributed by atoms with Crippen LogP contribution in [0.25, 0.3) is 0 Å². The summed E-state index contributed by atoms with van der Waals surface area (Å²) in [5.74, 6) is 1.53. The van der Waals surface area contributed by atoms with Crippen LogP contribution in [0.3, 0.4) is 0 Å². The molecule has 4 fully saturated rings. The highest BCUT2D eigenvalue weighted by molar-refractivity contribution is 5.88. The van der Waals surface area contributed by atoms with Crippen LogP contribution in [-0.4, -0.2) is 39.4 Å². The SMILES string of the molecule is C=C1C(=CC=C2CCC[C@]3(C)[C@@H]([C@@H](C)C=C[C@@H](O)C4(C(=O)CCCCC)CC4)CC[C@@H]23)C[C@@H](O)[C@H](C)[C@@H]1O. The van der Waals surface area contributed by atoms with Gasteiger partial charge in [0.05, 0.1) is 23.7 Å². The number of unbranched alkanes of at least 4 members (excludes halogenated alkanes) is 2. The van der Waals surface area contributed by atoms with Gasteiger partial charge in [0.25, 0.3) is 0 Å². The molecule has 4 heteroatoms. The summed E-state index contributed by atoms with van der Waals surface area (Å²) >= 11 is 0. The topological polar surface area (TPSA) is 77.8 Å². The molecule has 4 saturated carbocycles. The maximum absolute atomic E-state index is 12.8. The first-order valence-corrected chi connectivity index (χ1v) is 15.4. The van der Waals surface area contributed by atoms with Gasteiger partial charge >= 0.3 is 0 Å². The highest BCUT2D eigenvalue weighted by Crippen LogP contribution is 2.60. The Morgan fingerprint density at radius 3 is 2.55 bits per heavy atom. The van der Waals surface area contributed by atoms with Crippen LogP contribution in [0.4, 0.5) is 0 Å². The van der Waals surface area contributed by atoms with Gasteiger partial charge in [-0.1, -0.05) is 77.0 Å². The Labute approximate surface area is 231 Å². The minimum atomic E-state index is -0.680. The quantitative estimate of drug-likeness (QED) is 0.216. The lowest BCUT2D eigenvalue weighted by Crippen LogP contribution is -2.36. The lowest BCUT2D eigenvalue weighted by atomic mass is 9.61. The van der Waals surface area contributed by atoms with E-state index in [1.165, 1.54) is 31.3 Å². The first-order valence-electron chi connectivity index (χ1n) is 15.4. The number of hydrogen-bond acceptors (Lipinski definition) is 4. The van der Waals surface area contributed by atoms with Gasteiger partial charge in [0.15, 0.2) is 0 Å². The number of hydrogen-bond donors (Lipinski definition) is 3. The van der Waals surface area contributed by atoms with Crippen LogP contribution in [0.2, 0.25) is 0 Å². The molecule has 0 aromatic heterocycles. The van der Waals surface area contributed by atoms with Crippen LogP contribution in [-0.2, 0) is 4.79 Å². The van der Waals surface area contributed by atoms with Gasteiger partial charge in [-0.2, -0.15) is 0 Å². The molecule has 8 atom stereocenters. The van der Waals surface area contributed by atoms with Gasteiger partial charge < -0.3 is 15.3 Å². The molecular weight excluding hydrogens is 472 g/mol. The van der Waals surface area contributed by atoms with Crippen molar-refractivity contribution in [3.63, 3.8) is 0 Å². The summed E-state index contributed by atoms with van der Waals surface area (Å²) in [7, 11) is 0. The van der Waals surface area contributed by atoms with Crippen molar-refractivity contribution in [1.82, 2.24) is 0 Å². The van der Waals surface area contributed by atoms with Gasteiger partial charge in [-0.25, -0.2) is 0 Å². The number of Topliss-reactive ketones (excluding diaryl/α,β-unsaturated/α-hetero) is 1. The fourth-order valence-electron chi connectivity index (χ4n) is 8.04. The normalized spacial score (nSPS) is 38.5. The smallest absolute Gasteiger partial charge is 0.141 e. The fraction of sp³-hybridized carbons (Fsp3) is 0.735. The maximum atomic E-state index is 12.8. The third-order valence-electron chi connectivity index (χ3n) is 11.0. The average Bonchev–Trinajstić information content (AvgIpc) is 3.63. The molecule has 0 unspecified atom stereocenters. The summed E-state index contributed by atoms with van der Waals surface area (Å²) < 4.78 is 0. The Morgan fingerprint density at radius 1 is 1.13 bits per heavy atom. The Kier molecular flexibility index (Phi) is 9.27. The number of ketones is 1. The molecule has 0 aliphatic heterocycles. The molecule has 4 aliphatic carbocycles. The van der Waals surface area contributed by atoms with Crippen LogP contribution < -0.4 is 0 Å². The molecule has 0 bridgehead atoms. The first kappa shape index (κ1) is 29.5. The zero-order valence-corrected chi connectivity index (χ0v) is 24.3. The Hall–Kier alpha value is -1.49. The summed E-state index contributed by atoms with van der Waals surface area (Å²) in [6.45, 7) is 12.9. The lowest BCUT2D eigenvalue weighted by molar-refractivity contribution is -0.127. The van der Waals surface area contributed by atoms with Crippen LogP contribution in [0.15, 0.2) is 47.6 Å². The molecule has 0 radical (unpaired) electrons. The molecule has 0 saturated heterocycles. The van der Waals surface area contributed by atoms with Crippen molar-refractivity contribution >= 4 is 5.78 Å². The van der Waals surface area contributed by atoms with Crippen LogP contribution in [0.5, 0.6) is 0 Å². The zero-order valence-electron chi connectivity index (χ0n) is 24.3. The van der Waals surface area contributed by atoms with Crippen LogP contribution in [0, 0.1) is 34.5 Å². The standard InChI is InChI=1S/C34H52O4/c1-6-7-8-11-30(36)34(19-20-34)31(37)17-12-22(2)27-15-16-28-25(10-9-18-33(27,28)5)13-14-26-21-29(35)24(4)32(38)23(26)3/h12-14,17,22,24,27-29,31-32,35,37-38H,3,6-11,15-16,18-21H2,1-2,4-5H3/t22-,24-,27+,28-,29+,31+,32+,33+/m0/s1. The molecule has 4 rings (SSSR count). The molecule has 0 amide bonds. The molecule has 0 aromatic rings. The monoisotopic (exact) mass is 524 g/mol. The van der Waals surface area contributed by atoms with E-state index in [1.54, 1.807) is 0 Å². The largest absolute Gasteiger partial charge is 0.392 e. The second-order valence-corrected chi connectivity index (χ2v) is 13.4. The van der Waals surface area contributed by atoms with E-state index < -0.39 is 23.7 Å².